The Morgan fingerprint density at radius 1 is 1.24 bits per heavy atom. The molecule has 0 bridgehead atoms. The highest BCUT2D eigenvalue weighted by Gasteiger charge is 2.36. The number of likely N-dealkylation sites (N-methyl/N-ethyl adjacent to an activating group) is 1. The van der Waals surface area contributed by atoms with Gasteiger partial charge in [-0.25, -0.2) is 0 Å². The van der Waals surface area contributed by atoms with Crippen molar-refractivity contribution >= 4 is 38.5 Å². The van der Waals surface area contributed by atoms with Crippen molar-refractivity contribution in [3.8, 4) is 22.8 Å². The second-order valence-electron chi connectivity index (χ2n) is 7.26. The number of rotatable bonds is 3. The summed E-state index contributed by atoms with van der Waals surface area (Å²) in [6.45, 7) is 0.617. The predicted molar refractivity (Wildman–Crippen MR) is 115 cm³/mol. The van der Waals surface area contributed by atoms with Crippen molar-refractivity contribution in [2.75, 3.05) is 20.2 Å². The van der Waals surface area contributed by atoms with Crippen LogP contribution < -0.4 is 5.43 Å². The van der Waals surface area contributed by atoms with Crippen molar-refractivity contribution in [3.05, 3.63) is 55.6 Å². The molecule has 1 aromatic heterocycles. The fourth-order valence-corrected chi connectivity index (χ4v) is 4.88. The summed E-state index contributed by atoms with van der Waals surface area (Å²) in [5, 5.41) is 31.2. The zero-order chi connectivity index (χ0) is 20.9. The molecule has 1 aliphatic rings. The molecule has 4 rings (SSSR count). The van der Waals surface area contributed by atoms with Crippen LogP contribution in [0.2, 0.25) is 5.02 Å². The lowest BCUT2D eigenvalue weighted by molar-refractivity contribution is 0.172. The van der Waals surface area contributed by atoms with Crippen LogP contribution in [0.3, 0.4) is 0 Å². The Balaban J connectivity index is 2.01. The summed E-state index contributed by atoms with van der Waals surface area (Å²) in [6, 6.07) is 7.39. The van der Waals surface area contributed by atoms with E-state index in [9.17, 15) is 20.1 Å². The van der Waals surface area contributed by atoms with Crippen molar-refractivity contribution in [1.29, 1.82) is 0 Å². The highest BCUT2D eigenvalue weighted by Crippen LogP contribution is 2.44. The van der Waals surface area contributed by atoms with Gasteiger partial charge in [0.25, 0.3) is 0 Å². The van der Waals surface area contributed by atoms with Crippen LogP contribution in [0, 0.1) is 0 Å². The number of halogens is 2. The van der Waals surface area contributed by atoms with E-state index in [2.05, 4.69) is 15.9 Å². The Bertz CT molecular complexity index is 1160. The molecule has 2 atom stereocenters. The maximum atomic E-state index is 12.9. The predicted octanol–water partition coefficient (Wildman–Crippen LogP) is 4.07. The summed E-state index contributed by atoms with van der Waals surface area (Å²) in [5.41, 5.74) is 0.604. The average Bonchev–Trinajstić information content (AvgIpc) is 3.01. The molecule has 0 aliphatic carbocycles. The van der Waals surface area contributed by atoms with E-state index in [0.29, 0.717) is 22.6 Å². The molecule has 0 spiro atoms. The highest BCUT2D eigenvalue weighted by atomic mass is 79.9. The lowest BCUT2D eigenvalue weighted by atomic mass is 9.89. The quantitative estimate of drug-likeness (QED) is 0.523. The molecule has 29 heavy (non-hydrogen) atoms. The second-order valence-corrected chi connectivity index (χ2v) is 8.58. The molecule has 1 saturated heterocycles. The van der Waals surface area contributed by atoms with E-state index in [-0.39, 0.29) is 46.8 Å². The third-order valence-electron chi connectivity index (χ3n) is 5.58. The molecule has 0 amide bonds. The summed E-state index contributed by atoms with van der Waals surface area (Å²) in [4.78, 5) is 14.8. The number of nitrogens with zero attached hydrogens (tertiary/aromatic N) is 1. The van der Waals surface area contributed by atoms with Gasteiger partial charge >= 0.3 is 0 Å². The number of aliphatic hydroxyl groups excluding tert-OH is 1. The van der Waals surface area contributed by atoms with Crippen molar-refractivity contribution < 1.29 is 19.7 Å². The Morgan fingerprint density at radius 2 is 2.00 bits per heavy atom. The zero-order valence-corrected chi connectivity index (χ0v) is 17.9. The first-order valence-corrected chi connectivity index (χ1v) is 10.3. The molecule has 0 saturated carbocycles. The van der Waals surface area contributed by atoms with Crippen molar-refractivity contribution in [2.24, 2.45) is 0 Å². The van der Waals surface area contributed by atoms with Crippen LogP contribution in [-0.4, -0.2) is 46.5 Å². The SMILES string of the molecule is CN1CC[C@@H](c2c(O)cc(O)c3c(=O)cc(-c4ccc(Br)cc4Cl)oc23)[C@@H]1CO. The number of likely N-dealkylation sites (tertiary alicyclic amines) is 1. The first-order valence-electron chi connectivity index (χ1n) is 9.11. The fraction of sp³-hybridized carbons (Fsp3) is 0.286. The van der Waals surface area contributed by atoms with E-state index in [0.717, 1.165) is 17.1 Å². The minimum Gasteiger partial charge on any atom is -0.507 e. The minimum atomic E-state index is -0.439. The summed E-state index contributed by atoms with van der Waals surface area (Å²) < 4.78 is 6.85. The second kappa shape index (κ2) is 7.65. The first kappa shape index (κ1) is 20.2. The van der Waals surface area contributed by atoms with Gasteiger partial charge in [-0.2, -0.15) is 0 Å². The summed E-state index contributed by atoms with van der Waals surface area (Å²) in [6.07, 6.45) is 0.669. The number of hydrogen-bond donors (Lipinski definition) is 3. The maximum Gasteiger partial charge on any atom is 0.197 e. The number of hydrogen-bond acceptors (Lipinski definition) is 6. The number of aromatic hydroxyl groups is 2. The Hall–Kier alpha value is -2.06. The van der Waals surface area contributed by atoms with E-state index in [4.69, 9.17) is 16.0 Å². The Labute approximate surface area is 180 Å². The lowest BCUT2D eigenvalue weighted by Crippen LogP contribution is -2.32. The molecule has 152 valence electrons. The molecule has 0 unspecified atom stereocenters. The fourth-order valence-electron chi connectivity index (χ4n) is 4.11. The van der Waals surface area contributed by atoms with Gasteiger partial charge in [-0.3, -0.25) is 4.79 Å². The van der Waals surface area contributed by atoms with Crippen LogP contribution in [0.25, 0.3) is 22.3 Å². The third kappa shape index (κ3) is 3.42. The van der Waals surface area contributed by atoms with Gasteiger partial charge in [-0.05, 0) is 38.2 Å². The van der Waals surface area contributed by atoms with Gasteiger partial charge in [-0.15, -0.1) is 0 Å². The van der Waals surface area contributed by atoms with Crippen LogP contribution in [0.15, 0.2) is 44.0 Å². The van der Waals surface area contributed by atoms with E-state index in [1.54, 1.807) is 18.2 Å². The Morgan fingerprint density at radius 3 is 2.69 bits per heavy atom. The monoisotopic (exact) mass is 479 g/mol. The van der Waals surface area contributed by atoms with Gasteiger partial charge in [-0.1, -0.05) is 27.5 Å². The minimum absolute atomic E-state index is 0.000951. The van der Waals surface area contributed by atoms with Gasteiger partial charge in [0.2, 0.25) is 0 Å². The first-order chi connectivity index (χ1) is 13.8. The van der Waals surface area contributed by atoms with Crippen molar-refractivity contribution in [2.45, 2.75) is 18.4 Å². The van der Waals surface area contributed by atoms with Gasteiger partial charge < -0.3 is 24.6 Å². The van der Waals surface area contributed by atoms with Crippen LogP contribution in [0.4, 0.5) is 0 Å². The van der Waals surface area contributed by atoms with Crippen LogP contribution in [0.5, 0.6) is 11.5 Å². The molecule has 0 radical (unpaired) electrons. The molecular formula is C21H19BrClNO5. The molecule has 1 fully saturated rings. The maximum absolute atomic E-state index is 12.9. The zero-order valence-electron chi connectivity index (χ0n) is 15.5. The van der Waals surface area contributed by atoms with E-state index < -0.39 is 5.43 Å². The molecule has 2 aromatic carbocycles. The molecule has 3 N–H and O–H groups in total. The topological polar surface area (TPSA) is 94.1 Å². The summed E-state index contributed by atoms with van der Waals surface area (Å²) in [7, 11) is 1.89. The van der Waals surface area contributed by atoms with Crippen LogP contribution in [0.1, 0.15) is 17.9 Å². The van der Waals surface area contributed by atoms with Crippen molar-refractivity contribution in [1.82, 2.24) is 4.90 Å². The molecule has 6 nitrogen and oxygen atoms in total. The van der Waals surface area contributed by atoms with Crippen LogP contribution in [-0.2, 0) is 0 Å². The van der Waals surface area contributed by atoms with Gasteiger partial charge in [0.15, 0.2) is 5.43 Å². The number of phenols is 2. The van der Waals surface area contributed by atoms with E-state index in [1.165, 1.54) is 6.07 Å². The van der Waals surface area contributed by atoms with Gasteiger partial charge in [0.1, 0.15) is 28.2 Å². The molecule has 3 aromatic rings. The molecule has 8 heteroatoms. The standard InChI is InChI=1S/C21H19BrClNO5/c1-24-5-4-12(14(24)9-25)19-15(26)7-16(27)20-17(28)8-18(29-21(19)20)11-3-2-10(22)6-13(11)23/h2-3,6-8,12,14,25-27H,4-5,9H2,1H3/t12-,14+/m1/s1. The average molecular weight is 481 g/mol. The number of fused-ring (bicyclic) bond motifs is 1. The molecular weight excluding hydrogens is 462 g/mol. The summed E-state index contributed by atoms with van der Waals surface area (Å²) in [5.74, 6) is -0.545. The lowest BCUT2D eigenvalue weighted by Gasteiger charge is -2.24. The number of phenolic OH excluding ortho intramolecular Hbond substituents is 2. The third-order valence-corrected chi connectivity index (χ3v) is 6.38. The van der Waals surface area contributed by atoms with Gasteiger partial charge in [0, 0.05) is 39.7 Å². The van der Waals surface area contributed by atoms with Crippen LogP contribution >= 0.6 is 27.5 Å². The summed E-state index contributed by atoms with van der Waals surface area (Å²) >= 11 is 9.68. The normalized spacial score (nSPS) is 19.9. The van der Waals surface area contributed by atoms with Gasteiger partial charge in [0.05, 0.1) is 11.6 Å². The smallest absolute Gasteiger partial charge is 0.197 e. The van der Waals surface area contributed by atoms with E-state index in [1.807, 2.05) is 11.9 Å². The number of aliphatic hydroxyl groups is 1. The van der Waals surface area contributed by atoms with Crippen molar-refractivity contribution in [3.63, 3.8) is 0 Å². The highest BCUT2D eigenvalue weighted by molar-refractivity contribution is 9.10. The molecule has 1 aliphatic heterocycles. The Kier molecular flexibility index (Phi) is 5.33. The largest absolute Gasteiger partial charge is 0.507 e. The van der Waals surface area contributed by atoms with E-state index >= 15 is 0 Å². The molecule has 2 heterocycles. The number of benzene rings is 2.